The number of nitrogens with zero attached hydrogens (tertiary/aromatic N) is 2. The Morgan fingerprint density at radius 1 is 1.18 bits per heavy atom. The Labute approximate surface area is 104 Å². The number of hydrogen-bond donors (Lipinski definition) is 0. The molecule has 0 fully saturated rings. The molecule has 4 heteroatoms. The number of carbonyl (C=O) groups is 1. The molecule has 1 aromatic heterocycles. The number of rotatable bonds is 4. The molecule has 0 bridgehead atoms. The van der Waals surface area contributed by atoms with Gasteiger partial charge in [0.05, 0.1) is 0 Å². The minimum atomic E-state index is 0.143. The first-order valence-corrected chi connectivity index (χ1v) is 6.20. The number of aromatic nitrogens is 2. The van der Waals surface area contributed by atoms with Crippen molar-refractivity contribution < 1.29 is 4.79 Å². The van der Waals surface area contributed by atoms with E-state index in [0.29, 0.717) is 11.6 Å². The van der Waals surface area contributed by atoms with Gasteiger partial charge in [-0.25, -0.2) is 9.97 Å². The van der Waals surface area contributed by atoms with Gasteiger partial charge in [-0.15, -0.1) is 0 Å². The molecule has 0 radical (unpaired) electrons. The predicted molar refractivity (Wildman–Crippen MR) is 67.2 cm³/mol. The molecular formula is C13H12N2OS. The molecule has 2 rings (SSSR count). The third-order valence-electron chi connectivity index (χ3n) is 2.25. The van der Waals surface area contributed by atoms with E-state index < -0.39 is 0 Å². The van der Waals surface area contributed by atoms with Crippen LogP contribution in [0.4, 0.5) is 0 Å². The van der Waals surface area contributed by atoms with E-state index >= 15 is 0 Å². The Bertz CT molecular complexity index is 514. The number of ketones is 1. The van der Waals surface area contributed by atoms with Crippen LogP contribution in [-0.2, 0) is 0 Å². The lowest BCUT2D eigenvalue weighted by Crippen LogP contribution is -1.98. The fraction of sp³-hybridized carbons (Fsp3) is 0.154. The molecule has 0 saturated heterocycles. The lowest BCUT2D eigenvalue weighted by Gasteiger charge is -2.05. The van der Waals surface area contributed by atoms with Crippen LogP contribution in [0.1, 0.15) is 23.7 Å². The van der Waals surface area contributed by atoms with Crippen molar-refractivity contribution in [2.24, 2.45) is 0 Å². The molecule has 2 aromatic rings. The van der Waals surface area contributed by atoms with Crippen molar-refractivity contribution in [2.75, 3.05) is 0 Å². The summed E-state index contributed by atoms with van der Waals surface area (Å²) in [5.74, 6) is 0.143. The summed E-state index contributed by atoms with van der Waals surface area (Å²) in [6, 6.07) is 9.32. The van der Waals surface area contributed by atoms with Gasteiger partial charge in [0.15, 0.2) is 10.9 Å². The topological polar surface area (TPSA) is 42.9 Å². The van der Waals surface area contributed by atoms with Gasteiger partial charge in [-0.1, -0.05) is 25.1 Å². The Hall–Kier alpha value is -1.68. The van der Waals surface area contributed by atoms with Crippen LogP contribution in [0.3, 0.4) is 0 Å². The van der Waals surface area contributed by atoms with E-state index in [1.807, 2.05) is 31.2 Å². The highest BCUT2D eigenvalue weighted by atomic mass is 32.2. The van der Waals surface area contributed by atoms with Gasteiger partial charge >= 0.3 is 0 Å². The third kappa shape index (κ3) is 2.91. The average Bonchev–Trinajstić information content (AvgIpc) is 2.40. The Morgan fingerprint density at radius 3 is 2.59 bits per heavy atom. The van der Waals surface area contributed by atoms with Crippen LogP contribution in [0.2, 0.25) is 0 Å². The largest absolute Gasteiger partial charge is 0.294 e. The van der Waals surface area contributed by atoms with Crippen molar-refractivity contribution in [1.29, 1.82) is 0 Å². The first-order valence-electron chi connectivity index (χ1n) is 5.38. The lowest BCUT2D eigenvalue weighted by atomic mass is 10.1. The molecule has 17 heavy (non-hydrogen) atoms. The maximum absolute atomic E-state index is 11.8. The fourth-order valence-electron chi connectivity index (χ4n) is 1.41. The van der Waals surface area contributed by atoms with Crippen molar-refractivity contribution >= 4 is 17.5 Å². The zero-order valence-corrected chi connectivity index (χ0v) is 10.3. The van der Waals surface area contributed by atoms with Gasteiger partial charge in [-0.05, 0) is 23.9 Å². The second-order valence-electron chi connectivity index (χ2n) is 3.41. The highest BCUT2D eigenvalue weighted by Gasteiger charge is 2.10. The maximum atomic E-state index is 11.8. The molecule has 0 saturated carbocycles. The summed E-state index contributed by atoms with van der Waals surface area (Å²) in [6.07, 6.45) is 3.90. The molecular weight excluding hydrogens is 232 g/mol. The summed E-state index contributed by atoms with van der Waals surface area (Å²) >= 11 is 1.41. The molecule has 1 heterocycles. The molecule has 1 aromatic carbocycles. The Morgan fingerprint density at radius 2 is 1.88 bits per heavy atom. The van der Waals surface area contributed by atoms with E-state index in [2.05, 4.69) is 9.97 Å². The fourth-order valence-corrected chi connectivity index (χ4v) is 2.28. The summed E-state index contributed by atoms with van der Waals surface area (Å²) in [7, 11) is 0. The third-order valence-corrected chi connectivity index (χ3v) is 3.22. The number of hydrogen-bond acceptors (Lipinski definition) is 4. The number of Topliss-reactive ketones (excluding diaryl/α,β-unsaturated/α-hetero) is 1. The standard InChI is InChI=1S/C13H12N2OS/c1-2-11(16)10-6-3-4-7-12(10)17-13-14-8-5-9-15-13/h3-9H,2H2,1H3. The highest BCUT2D eigenvalue weighted by Crippen LogP contribution is 2.28. The molecule has 0 spiro atoms. The van der Waals surface area contributed by atoms with Gasteiger partial charge < -0.3 is 0 Å². The highest BCUT2D eigenvalue weighted by molar-refractivity contribution is 7.99. The number of carbonyl (C=O) groups excluding carboxylic acids is 1. The molecule has 0 aliphatic rings. The summed E-state index contributed by atoms with van der Waals surface area (Å²) in [4.78, 5) is 21.0. The van der Waals surface area contributed by atoms with Crippen LogP contribution in [0.25, 0.3) is 0 Å². The van der Waals surface area contributed by atoms with E-state index in [-0.39, 0.29) is 5.78 Å². The lowest BCUT2D eigenvalue weighted by molar-refractivity contribution is 0.0985. The maximum Gasteiger partial charge on any atom is 0.192 e. The predicted octanol–water partition coefficient (Wildman–Crippen LogP) is 3.22. The SMILES string of the molecule is CCC(=O)c1ccccc1Sc1ncccn1. The van der Waals surface area contributed by atoms with Crippen molar-refractivity contribution in [1.82, 2.24) is 9.97 Å². The quantitative estimate of drug-likeness (QED) is 0.611. The van der Waals surface area contributed by atoms with Crippen LogP contribution in [-0.4, -0.2) is 15.8 Å². The molecule has 0 atom stereocenters. The Kier molecular flexibility index (Phi) is 3.88. The van der Waals surface area contributed by atoms with Crippen LogP contribution < -0.4 is 0 Å². The normalized spacial score (nSPS) is 10.2. The van der Waals surface area contributed by atoms with Gasteiger partial charge in [0, 0.05) is 29.3 Å². The van der Waals surface area contributed by atoms with Gasteiger partial charge in [-0.3, -0.25) is 4.79 Å². The number of benzene rings is 1. The summed E-state index contributed by atoms with van der Waals surface area (Å²) in [5.41, 5.74) is 0.743. The smallest absolute Gasteiger partial charge is 0.192 e. The molecule has 86 valence electrons. The first-order chi connectivity index (χ1) is 8.31. The zero-order valence-electron chi connectivity index (χ0n) is 9.46. The Balaban J connectivity index is 2.30. The van der Waals surface area contributed by atoms with E-state index in [9.17, 15) is 4.79 Å². The molecule has 0 amide bonds. The van der Waals surface area contributed by atoms with Crippen molar-refractivity contribution in [3.63, 3.8) is 0 Å². The second kappa shape index (κ2) is 5.59. The van der Waals surface area contributed by atoms with E-state index in [0.717, 1.165) is 10.5 Å². The zero-order chi connectivity index (χ0) is 12.1. The average molecular weight is 244 g/mol. The summed E-state index contributed by atoms with van der Waals surface area (Å²) in [5, 5.41) is 0.656. The molecule has 0 unspecified atom stereocenters. The second-order valence-corrected chi connectivity index (χ2v) is 4.42. The van der Waals surface area contributed by atoms with Crippen molar-refractivity contribution in [3.05, 3.63) is 48.3 Å². The minimum absolute atomic E-state index is 0.143. The first kappa shape index (κ1) is 11.8. The molecule has 3 nitrogen and oxygen atoms in total. The van der Waals surface area contributed by atoms with Crippen LogP contribution >= 0.6 is 11.8 Å². The van der Waals surface area contributed by atoms with Crippen LogP contribution in [0.5, 0.6) is 0 Å². The van der Waals surface area contributed by atoms with Crippen molar-refractivity contribution in [2.45, 2.75) is 23.4 Å². The minimum Gasteiger partial charge on any atom is -0.294 e. The van der Waals surface area contributed by atoms with E-state index in [1.54, 1.807) is 18.5 Å². The van der Waals surface area contributed by atoms with Crippen LogP contribution in [0, 0.1) is 0 Å². The van der Waals surface area contributed by atoms with Gasteiger partial charge in [-0.2, -0.15) is 0 Å². The van der Waals surface area contributed by atoms with E-state index in [1.165, 1.54) is 11.8 Å². The van der Waals surface area contributed by atoms with Gasteiger partial charge in [0.25, 0.3) is 0 Å². The molecule has 0 N–H and O–H groups in total. The van der Waals surface area contributed by atoms with Gasteiger partial charge in [0.1, 0.15) is 0 Å². The molecule has 0 aliphatic heterocycles. The summed E-state index contributed by atoms with van der Waals surface area (Å²) < 4.78 is 0. The molecule has 0 aliphatic carbocycles. The monoisotopic (exact) mass is 244 g/mol. The van der Waals surface area contributed by atoms with Gasteiger partial charge in [0.2, 0.25) is 0 Å². The summed E-state index contributed by atoms with van der Waals surface area (Å²) in [6.45, 7) is 1.86. The van der Waals surface area contributed by atoms with Crippen molar-refractivity contribution in [3.8, 4) is 0 Å². The van der Waals surface area contributed by atoms with E-state index in [4.69, 9.17) is 0 Å². The van der Waals surface area contributed by atoms with Crippen LogP contribution in [0.15, 0.2) is 52.8 Å².